The van der Waals surface area contributed by atoms with E-state index in [1.54, 1.807) is 0 Å². The number of hydrogen-bond donors (Lipinski definition) is 3. The quantitative estimate of drug-likeness (QED) is 0.380. The van der Waals surface area contributed by atoms with Crippen molar-refractivity contribution in [2.75, 3.05) is 0 Å². The molecule has 1 aromatic rings. The molecule has 0 saturated carbocycles. The van der Waals surface area contributed by atoms with E-state index in [0.717, 1.165) is 6.07 Å². The molecule has 5 nitrogen and oxygen atoms in total. The van der Waals surface area contributed by atoms with Crippen molar-refractivity contribution in [2.24, 2.45) is 0 Å². The summed E-state index contributed by atoms with van der Waals surface area (Å²) in [5.74, 6) is -5.34. The second kappa shape index (κ2) is 2.40. The molecule has 0 radical (unpaired) electrons. The third-order valence-electron chi connectivity index (χ3n) is 2.13. The minimum atomic E-state index is -2.98. The van der Waals surface area contributed by atoms with E-state index in [2.05, 4.69) is 0 Å². The third-order valence-corrected chi connectivity index (χ3v) is 2.13. The van der Waals surface area contributed by atoms with Crippen LogP contribution in [0.3, 0.4) is 0 Å². The molecule has 0 amide bonds. The van der Waals surface area contributed by atoms with Crippen molar-refractivity contribution in [3.05, 3.63) is 29.3 Å². The summed E-state index contributed by atoms with van der Waals surface area (Å²) < 4.78 is 0. The summed E-state index contributed by atoms with van der Waals surface area (Å²) in [5.41, 5.74) is -0.252. The van der Waals surface area contributed by atoms with Crippen LogP contribution >= 0.6 is 0 Å². The molecule has 2 rings (SSSR count). The lowest BCUT2D eigenvalue weighted by molar-refractivity contribution is -0.0857. The van der Waals surface area contributed by atoms with Gasteiger partial charge in [0, 0.05) is 11.1 Å². The highest BCUT2D eigenvalue weighted by Gasteiger charge is 2.50. The molecule has 72 valence electrons. The smallest absolute Gasteiger partial charge is 0.295 e. The number of carbonyl (C=O) groups excluding carboxylic acids is 2. The lowest BCUT2D eigenvalue weighted by Crippen LogP contribution is -2.40. The zero-order chi connectivity index (χ0) is 10.5. The average molecular weight is 194 g/mol. The lowest BCUT2D eigenvalue weighted by atomic mass is 10.1. The van der Waals surface area contributed by atoms with E-state index in [0.29, 0.717) is 0 Å². The second-order valence-electron chi connectivity index (χ2n) is 3.06. The number of carbonyl (C=O) groups is 2. The van der Waals surface area contributed by atoms with Gasteiger partial charge >= 0.3 is 0 Å². The Balaban J connectivity index is 2.71. The first-order valence-corrected chi connectivity index (χ1v) is 3.82. The van der Waals surface area contributed by atoms with Crippen LogP contribution in [0.5, 0.6) is 5.75 Å². The average Bonchev–Trinajstić information content (AvgIpc) is 2.29. The molecule has 5 heteroatoms. The number of rotatable bonds is 0. The Labute approximate surface area is 78.2 Å². The zero-order valence-corrected chi connectivity index (χ0v) is 6.89. The Bertz CT molecular complexity index is 447. The van der Waals surface area contributed by atoms with E-state index < -0.39 is 17.4 Å². The molecule has 0 saturated heterocycles. The topological polar surface area (TPSA) is 94.8 Å². The standard InChI is InChI=1S/C9H6O5/c10-4-1-2-5-6(3-4)8(12)9(13,14)7(5)11/h1-3,10,13-14H. The number of fused-ring (bicyclic) bond motifs is 1. The Morgan fingerprint density at radius 2 is 1.57 bits per heavy atom. The van der Waals surface area contributed by atoms with Crippen molar-refractivity contribution in [1.82, 2.24) is 0 Å². The van der Waals surface area contributed by atoms with Crippen LogP contribution in [-0.2, 0) is 0 Å². The van der Waals surface area contributed by atoms with Crippen LogP contribution < -0.4 is 0 Å². The number of Topliss-reactive ketones (excluding diaryl/α,β-unsaturated/α-hetero) is 2. The van der Waals surface area contributed by atoms with E-state index in [-0.39, 0.29) is 16.9 Å². The Morgan fingerprint density at radius 3 is 2.21 bits per heavy atom. The molecule has 0 fully saturated rings. The van der Waals surface area contributed by atoms with E-state index in [4.69, 9.17) is 15.3 Å². The maximum atomic E-state index is 11.2. The molecule has 3 N–H and O–H groups in total. The number of aliphatic hydroxyl groups is 2. The predicted octanol–water partition coefficient (Wildman–Crippen LogP) is -0.548. The molecular weight excluding hydrogens is 188 g/mol. The molecule has 14 heavy (non-hydrogen) atoms. The molecule has 0 atom stereocenters. The molecule has 0 spiro atoms. The minimum Gasteiger partial charge on any atom is -0.508 e. The lowest BCUT2D eigenvalue weighted by Gasteiger charge is -2.08. The number of phenolic OH excluding ortho intramolecular Hbond substituents is 1. The van der Waals surface area contributed by atoms with Crippen molar-refractivity contribution < 1.29 is 24.9 Å². The number of hydrogen-bond acceptors (Lipinski definition) is 5. The van der Waals surface area contributed by atoms with Crippen molar-refractivity contribution in [2.45, 2.75) is 5.79 Å². The highest BCUT2D eigenvalue weighted by atomic mass is 16.5. The minimum absolute atomic E-state index is 0.0854. The molecule has 0 bridgehead atoms. The molecular formula is C9H6O5. The summed E-state index contributed by atoms with van der Waals surface area (Å²) in [6.45, 7) is 0. The van der Waals surface area contributed by atoms with E-state index in [9.17, 15) is 9.59 Å². The molecule has 1 aromatic carbocycles. The fraction of sp³-hybridized carbons (Fsp3) is 0.111. The summed E-state index contributed by atoms with van der Waals surface area (Å²) >= 11 is 0. The Morgan fingerprint density at radius 1 is 1.00 bits per heavy atom. The highest BCUT2D eigenvalue weighted by Crippen LogP contribution is 2.30. The van der Waals surface area contributed by atoms with Crippen LogP contribution in [0.4, 0.5) is 0 Å². The molecule has 1 aliphatic rings. The van der Waals surface area contributed by atoms with Gasteiger partial charge in [0.2, 0.25) is 11.6 Å². The third kappa shape index (κ3) is 0.905. The van der Waals surface area contributed by atoms with Gasteiger partial charge in [0.1, 0.15) is 5.75 Å². The molecule has 0 aromatic heterocycles. The van der Waals surface area contributed by atoms with Crippen molar-refractivity contribution in [1.29, 1.82) is 0 Å². The SMILES string of the molecule is O=C1c2ccc(O)cc2C(=O)C1(O)O. The van der Waals surface area contributed by atoms with Crippen molar-refractivity contribution in [3.63, 3.8) is 0 Å². The van der Waals surface area contributed by atoms with Crippen molar-refractivity contribution in [3.8, 4) is 5.75 Å². The first-order chi connectivity index (χ1) is 6.44. The van der Waals surface area contributed by atoms with E-state index in [1.807, 2.05) is 0 Å². The molecule has 0 heterocycles. The van der Waals surface area contributed by atoms with E-state index in [1.165, 1.54) is 12.1 Å². The van der Waals surface area contributed by atoms with Gasteiger partial charge in [-0.15, -0.1) is 0 Å². The summed E-state index contributed by atoms with van der Waals surface area (Å²) in [4.78, 5) is 22.5. The number of benzene rings is 1. The fourth-order valence-electron chi connectivity index (χ4n) is 1.40. The molecule has 0 unspecified atom stereocenters. The van der Waals surface area contributed by atoms with Gasteiger partial charge < -0.3 is 15.3 Å². The van der Waals surface area contributed by atoms with Gasteiger partial charge in [-0.2, -0.15) is 0 Å². The van der Waals surface area contributed by atoms with Gasteiger partial charge in [-0.25, -0.2) is 0 Å². The maximum absolute atomic E-state index is 11.2. The normalized spacial score (nSPS) is 18.4. The first kappa shape index (κ1) is 8.86. The first-order valence-electron chi connectivity index (χ1n) is 3.82. The highest BCUT2D eigenvalue weighted by molar-refractivity contribution is 6.30. The summed E-state index contributed by atoms with van der Waals surface area (Å²) in [7, 11) is 0. The van der Waals surface area contributed by atoms with Crippen LogP contribution in [-0.4, -0.2) is 32.7 Å². The predicted molar refractivity (Wildman–Crippen MR) is 43.9 cm³/mol. The van der Waals surface area contributed by atoms with E-state index >= 15 is 0 Å². The fourth-order valence-corrected chi connectivity index (χ4v) is 1.40. The second-order valence-corrected chi connectivity index (χ2v) is 3.06. The van der Waals surface area contributed by atoms with Gasteiger partial charge in [-0.3, -0.25) is 9.59 Å². The van der Waals surface area contributed by atoms with Gasteiger partial charge in [0.25, 0.3) is 5.79 Å². The van der Waals surface area contributed by atoms with Crippen LogP contribution in [0.25, 0.3) is 0 Å². The number of phenols is 1. The van der Waals surface area contributed by atoms with Crippen molar-refractivity contribution >= 4 is 11.6 Å². The number of aromatic hydroxyl groups is 1. The van der Waals surface area contributed by atoms with Gasteiger partial charge in [0.05, 0.1) is 0 Å². The summed E-state index contributed by atoms with van der Waals surface area (Å²) in [5, 5.41) is 27.3. The van der Waals surface area contributed by atoms with Gasteiger partial charge in [0.15, 0.2) is 0 Å². The van der Waals surface area contributed by atoms with Crippen LogP contribution in [0.15, 0.2) is 18.2 Å². The summed E-state index contributed by atoms with van der Waals surface area (Å²) in [6.07, 6.45) is 0. The van der Waals surface area contributed by atoms with Gasteiger partial charge in [-0.1, -0.05) is 0 Å². The van der Waals surface area contributed by atoms with Gasteiger partial charge in [-0.05, 0) is 18.2 Å². The largest absolute Gasteiger partial charge is 0.508 e. The van der Waals surface area contributed by atoms with Crippen LogP contribution in [0.1, 0.15) is 20.7 Å². The maximum Gasteiger partial charge on any atom is 0.295 e. The zero-order valence-electron chi connectivity index (χ0n) is 6.89. The Hall–Kier alpha value is -1.72. The number of ketones is 2. The summed E-state index contributed by atoms with van der Waals surface area (Å²) in [6, 6.07) is 3.41. The molecule has 1 aliphatic carbocycles. The molecule has 0 aliphatic heterocycles. The van der Waals surface area contributed by atoms with Crippen LogP contribution in [0, 0.1) is 0 Å². The van der Waals surface area contributed by atoms with Crippen LogP contribution in [0.2, 0.25) is 0 Å². The monoisotopic (exact) mass is 194 g/mol. The Kier molecular flexibility index (Phi) is 1.52.